The third-order valence-corrected chi connectivity index (χ3v) is 7.09. The first-order chi connectivity index (χ1) is 13.6. The lowest BCUT2D eigenvalue weighted by molar-refractivity contribution is 0.601. The second-order valence-electron chi connectivity index (χ2n) is 6.65. The molecule has 3 aromatic carbocycles. The second-order valence-corrected chi connectivity index (χ2v) is 9.39. The van der Waals surface area contributed by atoms with E-state index in [4.69, 9.17) is 0 Å². The molecule has 0 fully saturated rings. The number of aryl methyl sites for hydroxylation is 1. The molecule has 5 rings (SSSR count). The van der Waals surface area contributed by atoms with E-state index in [9.17, 15) is 8.42 Å². The number of sulfonamides is 1. The molecule has 1 aliphatic heterocycles. The zero-order valence-corrected chi connectivity index (χ0v) is 16.5. The topological polar surface area (TPSA) is 64.0 Å². The maximum atomic E-state index is 12.9. The van der Waals surface area contributed by atoms with Crippen LogP contribution in [0.15, 0.2) is 83.0 Å². The van der Waals surface area contributed by atoms with E-state index in [0.717, 1.165) is 39.5 Å². The Balaban J connectivity index is 1.45. The molecule has 0 spiro atoms. The molecule has 140 valence electrons. The lowest BCUT2D eigenvalue weighted by Gasteiger charge is -2.10. The molecule has 0 unspecified atom stereocenters. The van der Waals surface area contributed by atoms with Crippen LogP contribution in [0.4, 0.5) is 5.69 Å². The molecule has 1 aliphatic rings. The van der Waals surface area contributed by atoms with E-state index >= 15 is 0 Å². The molecule has 0 bridgehead atoms. The first kappa shape index (κ1) is 17.3. The van der Waals surface area contributed by atoms with Crippen molar-refractivity contribution in [3.63, 3.8) is 0 Å². The zero-order valence-electron chi connectivity index (χ0n) is 14.9. The van der Waals surface area contributed by atoms with Crippen LogP contribution in [0.1, 0.15) is 0 Å². The molecule has 0 atom stereocenters. The summed E-state index contributed by atoms with van der Waals surface area (Å²) in [5.74, 6) is 1.05. The van der Waals surface area contributed by atoms with Crippen LogP contribution in [0, 0.1) is 0 Å². The average molecular weight is 408 g/mol. The lowest BCUT2D eigenvalue weighted by atomic mass is 10.1. The van der Waals surface area contributed by atoms with Gasteiger partial charge < -0.3 is 4.57 Å². The van der Waals surface area contributed by atoms with Crippen LogP contribution in [0.3, 0.4) is 0 Å². The SMILES string of the molecule is O=S(=O)(Nc1cccc(-c2cn3c(n2)SCC3)c1)c1ccc2ccccc2c1. The van der Waals surface area contributed by atoms with Crippen LogP contribution >= 0.6 is 11.8 Å². The van der Waals surface area contributed by atoms with Crippen LogP contribution in [0.25, 0.3) is 22.0 Å². The number of hydrogen-bond acceptors (Lipinski definition) is 4. The number of fused-ring (bicyclic) bond motifs is 2. The summed E-state index contributed by atoms with van der Waals surface area (Å²) in [5.41, 5.74) is 2.27. The van der Waals surface area contributed by atoms with Gasteiger partial charge >= 0.3 is 0 Å². The van der Waals surface area contributed by atoms with Gasteiger partial charge in [0.25, 0.3) is 10.0 Å². The molecule has 7 heteroatoms. The van der Waals surface area contributed by atoms with Crippen molar-refractivity contribution in [2.45, 2.75) is 16.6 Å². The minimum atomic E-state index is -3.68. The predicted molar refractivity (Wildman–Crippen MR) is 113 cm³/mol. The Hall–Kier alpha value is -2.77. The Morgan fingerprint density at radius 3 is 2.68 bits per heavy atom. The van der Waals surface area contributed by atoms with Crippen molar-refractivity contribution < 1.29 is 8.42 Å². The van der Waals surface area contributed by atoms with Crippen molar-refractivity contribution in [2.75, 3.05) is 10.5 Å². The summed E-state index contributed by atoms with van der Waals surface area (Å²) >= 11 is 1.74. The van der Waals surface area contributed by atoms with Crippen LogP contribution in [-0.2, 0) is 16.6 Å². The average Bonchev–Trinajstić information content (AvgIpc) is 3.30. The lowest BCUT2D eigenvalue weighted by Crippen LogP contribution is -2.12. The number of nitrogens with one attached hydrogen (secondary N) is 1. The van der Waals surface area contributed by atoms with Gasteiger partial charge in [0.1, 0.15) is 0 Å². The summed E-state index contributed by atoms with van der Waals surface area (Å²) in [5, 5.41) is 2.91. The van der Waals surface area contributed by atoms with Crippen molar-refractivity contribution in [3.8, 4) is 11.3 Å². The first-order valence-corrected chi connectivity index (χ1v) is 11.4. The number of nitrogens with zero attached hydrogens (tertiary/aromatic N) is 2. The van der Waals surface area contributed by atoms with Crippen molar-refractivity contribution in [2.24, 2.45) is 0 Å². The van der Waals surface area contributed by atoms with Crippen LogP contribution in [0.2, 0.25) is 0 Å². The van der Waals surface area contributed by atoms with Gasteiger partial charge in [0.05, 0.1) is 10.6 Å². The number of imidazole rings is 1. The van der Waals surface area contributed by atoms with Gasteiger partial charge in [-0.2, -0.15) is 0 Å². The quantitative estimate of drug-likeness (QED) is 0.537. The molecule has 4 aromatic rings. The monoisotopic (exact) mass is 407 g/mol. The Kier molecular flexibility index (Phi) is 4.14. The molecule has 2 heterocycles. The summed E-state index contributed by atoms with van der Waals surface area (Å²) in [4.78, 5) is 4.88. The highest BCUT2D eigenvalue weighted by Crippen LogP contribution is 2.30. The minimum absolute atomic E-state index is 0.244. The normalized spacial score (nSPS) is 13.6. The van der Waals surface area contributed by atoms with Crippen molar-refractivity contribution in [3.05, 3.63) is 72.9 Å². The maximum Gasteiger partial charge on any atom is 0.261 e. The van der Waals surface area contributed by atoms with Crippen LogP contribution in [0.5, 0.6) is 0 Å². The third-order valence-electron chi connectivity index (χ3n) is 4.75. The van der Waals surface area contributed by atoms with E-state index in [1.165, 1.54) is 0 Å². The number of benzene rings is 3. The maximum absolute atomic E-state index is 12.9. The summed E-state index contributed by atoms with van der Waals surface area (Å²) in [6.07, 6.45) is 2.02. The summed E-state index contributed by atoms with van der Waals surface area (Å²) < 4.78 is 30.6. The molecule has 5 nitrogen and oxygen atoms in total. The molecule has 0 aliphatic carbocycles. The van der Waals surface area contributed by atoms with Gasteiger partial charge in [-0.3, -0.25) is 4.72 Å². The van der Waals surface area contributed by atoms with E-state index < -0.39 is 10.0 Å². The molecule has 0 radical (unpaired) electrons. The molecule has 0 saturated heterocycles. The van der Waals surface area contributed by atoms with Crippen molar-refractivity contribution >= 4 is 38.2 Å². The summed E-state index contributed by atoms with van der Waals surface area (Å²) in [6, 6.07) is 20.2. The standard InChI is InChI=1S/C21H17N3O2S2/c25-28(26,19-9-8-15-4-1-2-5-16(15)13-19)23-18-7-3-6-17(12-18)20-14-24-10-11-27-21(24)22-20/h1-9,12-14,23H,10-11H2. The van der Waals surface area contributed by atoms with Crippen molar-refractivity contribution in [1.82, 2.24) is 9.55 Å². The number of anilines is 1. The number of hydrogen-bond donors (Lipinski definition) is 1. The Bertz CT molecular complexity index is 1270. The largest absolute Gasteiger partial charge is 0.325 e. The van der Waals surface area contributed by atoms with Crippen LogP contribution < -0.4 is 4.72 Å². The highest BCUT2D eigenvalue weighted by atomic mass is 32.2. The molecular formula is C21H17N3O2S2. The van der Waals surface area contributed by atoms with Gasteiger partial charge in [0.2, 0.25) is 0 Å². The fraction of sp³-hybridized carbons (Fsp3) is 0.0952. The van der Waals surface area contributed by atoms with E-state index in [1.54, 1.807) is 30.0 Å². The van der Waals surface area contributed by atoms with E-state index in [-0.39, 0.29) is 4.90 Å². The molecule has 1 N–H and O–H groups in total. The minimum Gasteiger partial charge on any atom is -0.325 e. The smallest absolute Gasteiger partial charge is 0.261 e. The van der Waals surface area contributed by atoms with Gasteiger partial charge in [-0.1, -0.05) is 54.2 Å². The Morgan fingerprint density at radius 1 is 0.964 bits per heavy atom. The van der Waals surface area contributed by atoms with E-state index in [1.807, 2.05) is 54.7 Å². The number of rotatable bonds is 4. The molecule has 0 saturated carbocycles. The summed E-state index contributed by atoms with van der Waals surface area (Å²) in [6.45, 7) is 0.960. The summed E-state index contributed by atoms with van der Waals surface area (Å²) in [7, 11) is -3.68. The molecule has 28 heavy (non-hydrogen) atoms. The Labute approximate surface area is 167 Å². The van der Waals surface area contributed by atoms with Crippen molar-refractivity contribution in [1.29, 1.82) is 0 Å². The fourth-order valence-electron chi connectivity index (χ4n) is 3.34. The second kappa shape index (κ2) is 6.68. The van der Waals surface area contributed by atoms with Crippen LogP contribution in [-0.4, -0.2) is 23.7 Å². The number of aromatic nitrogens is 2. The molecule has 0 amide bonds. The Morgan fingerprint density at radius 2 is 1.82 bits per heavy atom. The van der Waals surface area contributed by atoms with Gasteiger partial charge in [-0.15, -0.1) is 0 Å². The molecular weight excluding hydrogens is 390 g/mol. The molecule has 1 aromatic heterocycles. The van der Waals surface area contributed by atoms with Gasteiger partial charge in [0, 0.05) is 29.7 Å². The highest BCUT2D eigenvalue weighted by molar-refractivity contribution is 7.99. The predicted octanol–water partition coefficient (Wildman–Crippen LogP) is 4.61. The fourth-order valence-corrected chi connectivity index (χ4v) is 5.37. The first-order valence-electron chi connectivity index (χ1n) is 8.91. The van der Waals surface area contributed by atoms with Gasteiger partial charge in [0.15, 0.2) is 5.16 Å². The number of thioether (sulfide) groups is 1. The highest BCUT2D eigenvalue weighted by Gasteiger charge is 2.17. The van der Waals surface area contributed by atoms with Gasteiger partial charge in [-0.25, -0.2) is 13.4 Å². The zero-order chi connectivity index (χ0) is 19.1. The van der Waals surface area contributed by atoms with Gasteiger partial charge in [-0.05, 0) is 35.0 Å². The third kappa shape index (κ3) is 3.16. The van der Waals surface area contributed by atoms with E-state index in [0.29, 0.717) is 5.69 Å². The van der Waals surface area contributed by atoms with E-state index in [2.05, 4.69) is 14.3 Å².